The van der Waals surface area contributed by atoms with E-state index in [-0.39, 0.29) is 0 Å². The van der Waals surface area contributed by atoms with Crippen LogP contribution in [-0.4, -0.2) is 0 Å². The molecule has 0 radical (unpaired) electrons. The van der Waals surface area contributed by atoms with Crippen molar-refractivity contribution in [1.29, 1.82) is 0 Å². The molecule has 1 aliphatic carbocycles. The third kappa shape index (κ3) is 7.41. The maximum Gasteiger partial charge on any atom is -0.0282 e. The lowest BCUT2D eigenvalue weighted by Crippen LogP contribution is -1.93. The zero-order chi connectivity index (χ0) is 12.1. The van der Waals surface area contributed by atoms with E-state index in [9.17, 15) is 0 Å². The molecule has 0 aromatic carbocycles. The third-order valence-electron chi connectivity index (χ3n) is 2.26. The monoisotopic (exact) mass is 210 g/mol. The molecule has 0 aliphatic heterocycles. The Hall–Kier alpha value is -0.520. The summed E-state index contributed by atoms with van der Waals surface area (Å²) in [6, 6.07) is 0. The van der Waals surface area contributed by atoms with Gasteiger partial charge in [-0.15, -0.1) is 0 Å². The van der Waals surface area contributed by atoms with Gasteiger partial charge in [0, 0.05) is 0 Å². The van der Waals surface area contributed by atoms with Crippen molar-refractivity contribution in [2.75, 3.05) is 0 Å². The van der Waals surface area contributed by atoms with E-state index >= 15 is 0 Å². The van der Waals surface area contributed by atoms with Gasteiger partial charge in [0.1, 0.15) is 0 Å². The molecular formula is C15H30. The highest BCUT2D eigenvalue weighted by Crippen LogP contribution is 2.24. The molecule has 0 fully saturated rings. The predicted octanol–water partition coefficient (Wildman–Crippen LogP) is 5.90. The molecule has 0 nitrogen and oxygen atoms in total. The minimum absolute atomic E-state index is 1.21. The maximum absolute atomic E-state index is 2.42. The van der Waals surface area contributed by atoms with E-state index < -0.39 is 0 Å². The van der Waals surface area contributed by atoms with Gasteiger partial charge in [-0.05, 0) is 36.8 Å². The van der Waals surface area contributed by atoms with Gasteiger partial charge in [-0.1, -0.05) is 60.1 Å². The summed E-state index contributed by atoms with van der Waals surface area (Å²) in [5, 5.41) is 0. The van der Waals surface area contributed by atoms with Gasteiger partial charge in [-0.25, -0.2) is 0 Å². The van der Waals surface area contributed by atoms with Crippen molar-refractivity contribution < 1.29 is 0 Å². The predicted molar refractivity (Wildman–Crippen MR) is 73.3 cm³/mol. The Balaban J connectivity index is 0. The van der Waals surface area contributed by atoms with Gasteiger partial charge < -0.3 is 0 Å². The number of hydrogen-bond donors (Lipinski definition) is 0. The third-order valence-corrected chi connectivity index (χ3v) is 2.26. The van der Waals surface area contributed by atoms with E-state index in [1.54, 1.807) is 11.1 Å². The molecule has 1 aliphatic rings. The van der Waals surface area contributed by atoms with Crippen LogP contribution in [0.2, 0.25) is 0 Å². The van der Waals surface area contributed by atoms with Crippen LogP contribution in [0.5, 0.6) is 0 Å². The fourth-order valence-corrected chi connectivity index (χ4v) is 1.68. The molecule has 0 aromatic rings. The van der Waals surface area contributed by atoms with Crippen molar-refractivity contribution in [1.82, 2.24) is 0 Å². The lowest BCUT2D eigenvalue weighted by molar-refractivity contribution is 0.852. The van der Waals surface area contributed by atoms with E-state index in [4.69, 9.17) is 0 Å². The van der Waals surface area contributed by atoms with E-state index in [2.05, 4.69) is 26.0 Å². The van der Waals surface area contributed by atoms with Gasteiger partial charge in [-0.3, -0.25) is 0 Å². The summed E-state index contributed by atoms with van der Waals surface area (Å²) in [4.78, 5) is 0. The molecule has 90 valence electrons. The van der Waals surface area contributed by atoms with Crippen LogP contribution in [-0.2, 0) is 0 Å². The molecule has 0 aromatic heterocycles. The van der Waals surface area contributed by atoms with Gasteiger partial charge >= 0.3 is 0 Å². The lowest BCUT2D eigenvalue weighted by atomic mass is 9.93. The van der Waals surface area contributed by atoms with Crippen LogP contribution in [0.3, 0.4) is 0 Å². The van der Waals surface area contributed by atoms with E-state index in [0.717, 1.165) is 0 Å². The summed E-state index contributed by atoms with van der Waals surface area (Å²) in [5.41, 5.74) is 3.21. The van der Waals surface area contributed by atoms with Crippen molar-refractivity contribution in [2.45, 2.75) is 73.6 Å². The van der Waals surface area contributed by atoms with E-state index in [1.165, 1.54) is 32.1 Å². The quantitative estimate of drug-likeness (QED) is 0.544. The van der Waals surface area contributed by atoms with E-state index in [0.29, 0.717) is 0 Å². The summed E-state index contributed by atoms with van der Waals surface area (Å²) >= 11 is 0. The topological polar surface area (TPSA) is 0 Å². The molecule has 0 atom stereocenters. The first-order valence-electron chi connectivity index (χ1n) is 6.77. The summed E-state index contributed by atoms with van der Waals surface area (Å²) in [6.07, 6.45) is 11.1. The van der Waals surface area contributed by atoms with Crippen LogP contribution in [0.1, 0.15) is 73.6 Å². The second-order valence-electron chi connectivity index (χ2n) is 3.14. The molecule has 0 amide bonds. The minimum atomic E-state index is 1.21. The van der Waals surface area contributed by atoms with Crippen LogP contribution in [0.15, 0.2) is 23.3 Å². The normalized spacial score (nSPS) is 13.7. The largest absolute Gasteiger partial charge is 0.0808 e. The van der Waals surface area contributed by atoms with Crippen molar-refractivity contribution in [3.8, 4) is 0 Å². The number of rotatable bonds is 3. The molecule has 0 saturated heterocycles. The maximum atomic E-state index is 2.42. The fraction of sp³-hybridized carbons (Fsp3) is 0.733. The van der Waals surface area contributed by atoms with Crippen LogP contribution in [0.25, 0.3) is 0 Å². The Labute approximate surface area is 97.5 Å². The average Bonchev–Trinajstić information content (AvgIpc) is 2.35. The molecule has 0 N–H and O–H groups in total. The highest BCUT2D eigenvalue weighted by Gasteiger charge is 2.04. The molecule has 1 rings (SSSR count). The highest BCUT2D eigenvalue weighted by molar-refractivity contribution is 5.33. The zero-order valence-corrected chi connectivity index (χ0v) is 11.7. The van der Waals surface area contributed by atoms with Crippen molar-refractivity contribution in [3.63, 3.8) is 0 Å². The average molecular weight is 210 g/mol. The van der Waals surface area contributed by atoms with Gasteiger partial charge in [0.15, 0.2) is 0 Å². The van der Waals surface area contributed by atoms with Crippen LogP contribution in [0, 0.1) is 0 Å². The summed E-state index contributed by atoms with van der Waals surface area (Å²) in [7, 11) is 0. The second-order valence-corrected chi connectivity index (χ2v) is 3.14. The Bertz CT molecular complexity index is 172. The van der Waals surface area contributed by atoms with Crippen molar-refractivity contribution in [2.24, 2.45) is 0 Å². The SMILES string of the molecule is CC.CC.CCCC1=CCCC=C1CC. The van der Waals surface area contributed by atoms with Gasteiger partial charge in [0.25, 0.3) is 0 Å². The van der Waals surface area contributed by atoms with E-state index in [1.807, 2.05) is 27.7 Å². The lowest BCUT2D eigenvalue weighted by Gasteiger charge is -2.13. The Morgan fingerprint density at radius 2 is 1.33 bits per heavy atom. The smallest absolute Gasteiger partial charge is 0.0282 e. The summed E-state index contributed by atoms with van der Waals surface area (Å²) < 4.78 is 0. The first-order valence-corrected chi connectivity index (χ1v) is 6.77. The first kappa shape index (κ1) is 16.9. The van der Waals surface area contributed by atoms with Crippen LogP contribution < -0.4 is 0 Å². The van der Waals surface area contributed by atoms with Crippen molar-refractivity contribution in [3.05, 3.63) is 23.3 Å². The minimum Gasteiger partial charge on any atom is -0.0808 e. The molecule has 0 saturated carbocycles. The Morgan fingerprint density at radius 3 is 1.73 bits per heavy atom. The summed E-state index contributed by atoms with van der Waals surface area (Å²) in [6.45, 7) is 12.5. The Kier molecular flexibility index (Phi) is 15.2. The molecule has 0 bridgehead atoms. The fourth-order valence-electron chi connectivity index (χ4n) is 1.68. The first-order chi connectivity index (χ1) is 7.38. The summed E-state index contributed by atoms with van der Waals surface area (Å²) in [5.74, 6) is 0. The van der Waals surface area contributed by atoms with Gasteiger partial charge in [-0.2, -0.15) is 0 Å². The van der Waals surface area contributed by atoms with Crippen molar-refractivity contribution >= 4 is 0 Å². The number of allylic oxidation sites excluding steroid dienone is 4. The molecular weight excluding hydrogens is 180 g/mol. The number of hydrogen-bond acceptors (Lipinski definition) is 0. The standard InChI is InChI=1S/C11H18.2C2H6/c1-3-7-11-9-6-5-8-10(11)4-2;2*1-2/h8-9H,3-7H2,1-2H3;2*1-2H3. The molecule has 0 spiro atoms. The molecule has 15 heavy (non-hydrogen) atoms. The highest BCUT2D eigenvalue weighted by atomic mass is 14.1. The molecule has 0 heteroatoms. The Morgan fingerprint density at radius 1 is 0.867 bits per heavy atom. The van der Waals surface area contributed by atoms with Gasteiger partial charge in [0.05, 0.1) is 0 Å². The molecule has 0 unspecified atom stereocenters. The molecule has 0 heterocycles. The van der Waals surface area contributed by atoms with Crippen LogP contribution in [0.4, 0.5) is 0 Å². The van der Waals surface area contributed by atoms with Crippen LogP contribution >= 0.6 is 0 Å². The second kappa shape index (κ2) is 13.5. The van der Waals surface area contributed by atoms with Gasteiger partial charge in [0.2, 0.25) is 0 Å². The zero-order valence-electron chi connectivity index (χ0n) is 11.7.